The highest BCUT2D eigenvalue weighted by Gasteiger charge is 2.35. The number of rotatable bonds is 6. The molecule has 0 aliphatic heterocycles. The molecule has 104 valence electrons. The van der Waals surface area contributed by atoms with E-state index >= 15 is 0 Å². The van der Waals surface area contributed by atoms with Gasteiger partial charge in [0.2, 0.25) is 10.0 Å². The molecule has 1 aromatic rings. The van der Waals surface area contributed by atoms with Crippen LogP contribution in [0.5, 0.6) is 0 Å². The van der Waals surface area contributed by atoms with Crippen LogP contribution in [0.25, 0.3) is 0 Å². The first-order chi connectivity index (χ1) is 9.01. The molecule has 0 atom stereocenters. The van der Waals surface area contributed by atoms with Gasteiger partial charge in [-0.25, -0.2) is 13.4 Å². The van der Waals surface area contributed by atoms with Crippen molar-refractivity contribution in [1.29, 1.82) is 0 Å². The molecule has 1 aromatic heterocycles. The van der Waals surface area contributed by atoms with E-state index in [4.69, 9.17) is 4.74 Å². The van der Waals surface area contributed by atoms with Gasteiger partial charge in [-0.1, -0.05) is 6.07 Å². The number of hydrogen-bond acceptors (Lipinski definition) is 5. The number of sulfonamides is 1. The van der Waals surface area contributed by atoms with Gasteiger partial charge in [0.05, 0.1) is 24.0 Å². The Balaban J connectivity index is 2.04. The zero-order chi connectivity index (χ0) is 13.9. The van der Waals surface area contributed by atoms with Crippen molar-refractivity contribution in [2.24, 2.45) is 0 Å². The number of nitrogens with one attached hydrogen (secondary N) is 1. The van der Waals surface area contributed by atoms with Gasteiger partial charge in [-0.2, -0.15) is 0 Å². The number of nitrogens with zero attached hydrogens (tertiary/aromatic N) is 1. The molecular formula is C12H16N2O4S. The minimum atomic E-state index is -3.32. The van der Waals surface area contributed by atoms with E-state index < -0.39 is 10.0 Å². The van der Waals surface area contributed by atoms with Crippen molar-refractivity contribution in [1.82, 2.24) is 4.98 Å². The highest BCUT2D eigenvalue weighted by molar-refractivity contribution is 7.93. The van der Waals surface area contributed by atoms with Crippen molar-refractivity contribution in [3.05, 3.63) is 23.9 Å². The lowest BCUT2D eigenvalue weighted by Crippen LogP contribution is -2.18. The number of carbonyl (C=O) groups is 1. The van der Waals surface area contributed by atoms with E-state index in [1.807, 2.05) is 0 Å². The fourth-order valence-corrected chi connectivity index (χ4v) is 2.93. The average molecular weight is 284 g/mol. The summed E-state index contributed by atoms with van der Waals surface area (Å²) >= 11 is 0. The summed E-state index contributed by atoms with van der Waals surface area (Å²) in [6.07, 6.45) is 1.42. The van der Waals surface area contributed by atoms with Crippen molar-refractivity contribution in [3.8, 4) is 0 Å². The lowest BCUT2D eigenvalue weighted by atomic mass is 10.3. The van der Waals surface area contributed by atoms with Crippen LogP contribution in [0.3, 0.4) is 0 Å². The Labute approximate surface area is 112 Å². The predicted molar refractivity (Wildman–Crippen MR) is 70.1 cm³/mol. The summed E-state index contributed by atoms with van der Waals surface area (Å²) in [6, 6.07) is 4.88. The molecular weight excluding hydrogens is 268 g/mol. The third-order valence-corrected chi connectivity index (χ3v) is 4.49. The lowest BCUT2D eigenvalue weighted by Gasteiger charge is -2.07. The fourth-order valence-electron chi connectivity index (χ4n) is 1.60. The second-order valence-corrected chi connectivity index (χ2v) is 6.30. The molecule has 0 saturated heterocycles. The van der Waals surface area contributed by atoms with Crippen LogP contribution >= 0.6 is 0 Å². The van der Waals surface area contributed by atoms with Crippen molar-refractivity contribution in [2.75, 3.05) is 11.3 Å². The van der Waals surface area contributed by atoms with E-state index in [2.05, 4.69) is 9.71 Å². The summed E-state index contributed by atoms with van der Waals surface area (Å²) < 4.78 is 30.8. The quantitative estimate of drug-likeness (QED) is 0.790. The van der Waals surface area contributed by atoms with E-state index in [9.17, 15) is 13.2 Å². The molecule has 0 bridgehead atoms. The molecule has 7 heteroatoms. The Morgan fingerprint density at radius 2 is 2.21 bits per heavy atom. The Kier molecular flexibility index (Phi) is 4.04. The van der Waals surface area contributed by atoms with Gasteiger partial charge in [0, 0.05) is 0 Å². The summed E-state index contributed by atoms with van der Waals surface area (Å²) in [7, 11) is -3.32. The largest absolute Gasteiger partial charge is 0.466 e. The zero-order valence-electron chi connectivity index (χ0n) is 10.6. The summed E-state index contributed by atoms with van der Waals surface area (Å²) in [5, 5.41) is -0.303. The Bertz CT molecular complexity index is 567. The molecule has 0 spiro atoms. The summed E-state index contributed by atoms with van der Waals surface area (Å²) in [4.78, 5) is 15.4. The Hall–Kier alpha value is -1.63. The van der Waals surface area contributed by atoms with Crippen LogP contribution in [0.2, 0.25) is 0 Å². The van der Waals surface area contributed by atoms with Gasteiger partial charge in [-0.05, 0) is 31.9 Å². The topological polar surface area (TPSA) is 85.4 Å². The van der Waals surface area contributed by atoms with Gasteiger partial charge in [-0.3, -0.25) is 9.52 Å². The predicted octanol–water partition coefficient (Wildman–Crippen LogP) is 1.09. The van der Waals surface area contributed by atoms with Gasteiger partial charge in [0.15, 0.2) is 0 Å². The molecule has 1 heterocycles. The van der Waals surface area contributed by atoms with Crippen LogP contribution in [-0.4, -0.2) is 31.2 Å². The molecule has 1 fully saturated rings. The monoisotopic (exact) mass is 284 g/mol. The number of pyridine rings is 1. The van der Waals surface area contributed by atoms with Gasteiger partial charge >= 0.3 is 5.97 Å². The third-order valence-electron chi connectivity index (χ3n) is 2.65. The Morgan fingerprint density at radius 3 is 2.84 bits per heavy atom. The molecule has 0 unspecified atom stereocenters. The van der Waals surface area contributed by atoms with E-state index in [0.29, 0.717) is 25.1 Å². The molecule has 1 aliphatic rings. The number of hydrogen-bond donors (Lipinski definition) is 1. The summed E-state index contributed by atoms with van der Waals surface area (Å²) in [5.41, 5.74) is 0.481. The standard InChI is InChI=1S/C12H16N2O4S/c1-2-18-12(15)8-9-4-3-5-11(13-9)14-19(16,17)10-6-7-10/h3-5,10H,2,6-8H2,1H3,(H,13,14). The molecule has 1 saturated carbocycles. The first kappa shape index (κ1) is 13.8. The third kappa shape index (κ3) is 3.92. The van der Waals surface area contributed by atoms with E-state index in [1.165, 1.54) is 0 Å². The normalized spacial score (nSPS) is 15.0. The lowest BCUT2D eigenvalue weighted by molar-refractivity contribution is -0.142. The molecule has 2 rings (SSSR count). The van der Waals surface area contributed by atoms with Crippen LogP contribution in [-0.2, 0) is 26.0 Å². The Morgan fingerprint density at radius 1 is 1.47 bits per heavy atom. The van der Waals surface area contributed by atoms with Crippen LogP contribution in [0.15, 0.2) is 18.2 Å². The van der Waals surface area contributed by atoms with Gasteiger partial charge in [0.25, 0.3) is 0 Å². The maximum Gasteiger partial charge on any atom is 0.311 e. The second-order valence-electron chi connectivity index (χ2n) is 4.34. The SMILES string of the molecule is CCOC(=O)Cc1cccc(NS(=O)(=O)C2CC2)n1. The number of carbonyl (C=O) groups excluding carboxylic acids is 1. The van der Waals surface area contributed by atoms with E-state index in [-0.39, 0.29) is 23.5 Å². The van der Waals surface area contributed by atoms with Crippen LogP contribution in [0, 0.1) is 0 Å². The smallest absolute Gasteiger partial charge is 0.311 e. The first-order valence-electron chi connectivity index (χ1n) is 6.14. The minimum absolute atomic E-state index is 0.0346. The molecule has 1 aliphatic carbocycles. The molecule has 0 radical (unpaired) electrons. The number of aromatic nitrogens is 1. The average Bonchev–Trinajstić information content (AvgIpc) is 3.12. The number of anilines is 1. The highest BCUT2D eigenvalue weighted by atomic mass is 32.2. The van der Waals surface area contributed by atoms with Gasteiger partial charge < -0.3 is 4.74 Å². The maximum absolute atomic E-state index is 11.8. The minimum Gasteiger partial charge on any atom is -0.466 e. The number of esters is 1. The van der Waals surface area contributed by atoms with Crippen molar-refractivity contribution < 1.29 is 17.9 Å². The summed E-state index contributed by atoms with van der Waals surface area (Å²) in [6.45, 7) is 2.04. The van der Waals surface area contributed by atoms with E-state index in [1.54, 1.807) is 25.1 Å². The molecule has 1 N–H and O–H groups in total. The summed E-state index contributed by atoms with van der Waals surface area (Å²) in [5.74, 6) is -0.133. The van der Waals surface area contributed by atoms with Gasteiger partial charge in [0.1, 0.15) is 5.82 Å². The fraction of sp³-hybridized carbons (Fsp3) is 0.500. The van der Waals surface area contributed by atoms with Crippen LogP contribution in [0.4, 0.5) is 5.82 Å². The molecule has 0 amide bonds. The van der Waals surface area contributed by atoms with Crippen molar-refractivity contribution in [3.63, 3.8) is 0 Å². The van der Waals surface area contributed by atoms with Gasteiger partial charge in [-0.15, -0.1) is 0 Å². The van der Waals surface area contributed by atoms with Crippen LogP contribution in [0.1, 0.15) is 25.5 Å². The molecule has 19 heavy (non-hydrogen) atoms. The molecule has 6 nitrogen and oxygen atoms in total. The number of ether oxygens (including phenoxy) is 1. The van der Waals surface area contributed by atoms with Crippen molar-refractivity contribution in [2.45, 2.75) is 31.4 Å². The van der Waals surface area contributed by atoms with E-state index in [0.717, 1.165) is 0 Å². The molecule has 0 aromatic carbocycles. The first-order valence-corrected chi connectivity index (χ1v) is 7.69. The zero-order valence-corrected chi connectivity index (χ0v) is 11.4. The van der Waals surface area contributed by atoms with Crippen LogP contribution < -0.4 is 4.72 Å². The van der Waals surface area contributed by atoms with Crippen molar-refractivity contribution >= 4 is 21.8 Å². The maximum atomic E-state index is 11.8. The second kappa shape index (κ2) is 5.56. The highest BCUT2D eigenvalue weighted by Crippen LogP contribution is 2.29.